The van der Waals surface area contributed by atoms with Gasteiger partial charge in [0.05, 0.1) is 11.8 Å². The van der Waals surface area contributed by atoms with Crippen molar-refractivity contribution in [3.63, 3.8) is 0 Å². The summed E-state index contributed by atoms with van der Waals surface area (Å²) in [5, 5.41) is 0. The predicted molar refractivity (Wildman–Crippen MR) is 49.5 cm³/mol. The van der Waals surface area contributed by atoms with Gasteiger partial charge in [0.1, 0.15) is 0 Å². The van der Waals surface area contributed by atoms with Gasteiger partial charge in [-0.1, -0.05) is 11.8 Å². The third-order valence-corrected chi connectivity index (χ3v) is 1.46. The van der Waals surface area contributed by atoms with Crippen LogP contribution in [0.2, 0.25) is 0 Å². The maximum Gasteiger partial charge on any atom is 0.157 e. The third kappa shape index (κ3) is 2.55. The summed E-state index contributed by atoms with van der Waals surface area (Å²) in [6.07, 6.45) is 3.35. The Kier molecular flexibility index (Phi) is 3.62. The second-order valence-electron chi connectivity index (χ2n) is 2.13. The normalized spacial score (nSPS) is 8.83. The Morgan fingerprint density at radius 1 is 1.58 bits per heavy atom. The molecule has 0 aliphatic carbocycles. The zero-order valence-electron chi connectivity index (χ0n) is 6.42. The van der Waals surface area contributed by atoms with E-state index in [1.807, 2.05) is 0 Å². The van der Waals surface area contributed by atoms with E-state index in [0.29, 0.717) is 17.7 Å². The molecule has 0 fully saturated rings. The fraction of sp³-hybridized carbons (Fsp3) is 0.222. The summed E-state index contributed by atoms with van der Waals surface area (Å²) in [5.41, 5.74) is 0.395. The third-order valence-electron chi connectivity index (χ3n) is 1.23. The van der Waals surface area contributed by atoms with Gasteiger partial charge >= 0.3 is 0 Å². The van der Waals surface area contributed by atoms with Crippen LogP contribution >= 0.6 is 12.6 Å². The molecule has 1 rings (SSSR count). The van der Waals surface area contributed by atoms with E-state index in [9.17, 15) is 4.39 Å². The van der Waals surface area contributed by atoms with Crippen LogP contribution in [0.1, 0.15) is 12.0 Å². The van der Waals surface area contributed by atoms with E-state index >= 15 is 0 Å². The summed E-state index contributed by atoms with van der Waals surface area (Å²) in [6.45, 7) is 0. The Balaban J connectivity index is 2.77. The highest BCUT2D eigenvalue weighted by atomic mass is 32.1. The Hall–Kier alpha value is -1.01. The van der Waals surface area contributed by atoms with Crippen molar-refractivity contribution in [2.45, 2.75) is 6.42 Å². The lowest BCUT2D eigenvalue weighted by Gasteiger charge is -1.89. The van der Waals surface area contributed by atoms with Crippen molar-refractivity contribution in [3.8, 4) is 11.8 Å². The molecule has 0 atom stereocenters. The smallest absolute Gasteiger partial charge is 0.157 e. The Labute approximate surface area is 76.4 Å². The molecule has 1 aromatic heterocycles. The summed E-state index contributed by atoms with van der Waals surface area (Å²) in [6, 6.07) is 1.56. The molecule has 0 radical (unpaired) electrons. The lowest BCUT2D eigenvalue weighted by atomic mass is 10.2. The molecule has 62 valence electrons. The molecule has 0 unspecified atom stereocenters. The number of halogens is 1. The van der Waals surface area contributed by atoms with Crippen LogP contribution in [0.4, 0.5) is 4.39 Å². The SMILES string of the molecule is Fc1cnccc1C#CCCS. The Morgan fingerprint density at radius 2 is 2.42 bits per heavy atom. The first-order valence-corrected chi connectivity index (χ1v) is 4.17. The number of hydrogen-bond acceptors (Lipinski definition) is 2. The molecular formula is C9H8FNS. The van der Waals surface area contributed by atoms with E-state index in [1.165, 1.54) is 6.20 Å². The van der Waals surface area contributed by atoms with E-state index in [1.54, 1.807) is 6.07 Å². The number of rotatable bonds is 1. The maximum absolute atomic E-state index is 12.8. The summed E-state index contributed by atoms with van der Waals surface area (Å²) in [7, 11) is 0. The summed E-state index contributed by atoms with van der Waals surface area (Å²) >= 11 is 3.98. The van der Waals surface area contributed by atoms with Gasteiger partial charge in [0.2, 0.25) is 0 Å². The minimum atomic E-state index is -0.371. The molecule has 1 nitrogen and oxygen atoms in total. The van der Waals surface area contributed by atoms with Crippen LogP contribution in [-0.4, -0.2) is 10.7 Å². The van der Waals surface area contributed by atoms with E-state index < -0.39 is 0 Å². The van der Waals surface area contributed by atoms with Crippen LogP contribution in [-0.2, 0) is 0 Å². The molecule has 0 spiro atoms. The molecular weight excluding hydrogens is 173 g/mol. The topological polar surface area (TPSA) is 12.9 Å². The minimum Gasteiger partial charge on any atom is -0.262 e. The van der Waals surface area contributed by atoms with Gasteiger partial charge in [0, 0.05) is 18.4 Å². The molecule has 1 heterocycles. The fourth-order valence-corrected chi connectivity index (χ4v) is 0.802. The zero-order valence-corrected chi connectivity index (χ0v) is 7.31. The number of hydrogen-bond donors (Lipinski definition) is 1. The van der Waals surface area contributed by atoms with Crippen molar-refractivity contribution in [1.29, 1.82) is 0 Å². The molecule has 0 aliphatic rings. The van der Waals surface area contributed by atoms with Crippen LogP contribution in [0.5, 0.6) is 0 Å². The summed E-state index contributed by atoms with van der Waals surface area (Å²) in [4.78, 5) is 3.62. The van der Waals surface area contributed by atoms with Gasteiger partial charge in [-0.3, -0.25) is 4.98 Å². The van der Waals surface area contributed by atoms with Gasteiger partial charge in [-0.05, 0) is 6.07 Å². The highest BCUT2D eigenvalue weighted by molar-refractivity contribution is 7.80. The average Bonchev–Trinajstić information content (AvgIpc) is 2.09. The standard InChI is InChI=1S/C9H8FNS/c10-9-7-11-5-4-8(9)3-1-2-6-12/h4-5,7,12H,2,6H2. The number of nitrogens with zero attached hydrogens (tertiary/aromatic N) is 1. The maximum atomic E-state index is 12.8. The van der Waals surface area contributed by atoms with Gasteiger partial charge in [-0.25, -0.2) is 4.39 Å². The lowest BCUT2D eigenvalue weighted by Crippen LogP contribution is -1.83. The summed E-state index contributed by atoms with van der Waals surface area (Å²) < 4.78 is 12.8. The monoisotopic (exact) mass is 181 g/mol. The van der Waals surface area contributed by atoms with E-state index in [2.05, 4.69) is 29.5 Å². The second-order valence-corrected chi connectivity index (χ2v) is 2.58. The van der Waals surface area contributed by atoms with Gasteiger partial charge in [0.15, 0.2) is 5.82 Å². The van der Waals surface area contributed by atoms with Crippen LogP contribution < -0.4 is 0 Å². The summed E-state index contributed by atoms with van der Waals surface area (Å²) in [5.74, 6) is 5.82. The first kappa shape index (κ1) is 9.08. The highest BCUT2D eigenvalue weighted by Crippen LogP contribution is 2.01. The minimum absolute atomic E-state index is 0.371. The molecule has 3 heteroatoms. The van der Waals surface area contributed by atoms with E-state index in [4.69, 9.17) is 0 Å². The lowest BCUT2D eigenvalue weighted by molar-refractivity contribution is 0.618. The van der Waals surface area contributed by atoms with Gasteiger partial charge < -0.3 is 0 Å². The van der Waals surface area contributed by atoms with Crippen LogP contribution in [0, 0.1) is 17.7 Å². The van der Waals surface area contributed by atoms with Crippen LogP contribution in [0.25, 0.3) is 0 Å². The predicted octanol–water partition coefficient (Wildman–Crippen LogP) is 1.89. The van der Waals surface area contributed by atoms with Gasteiger partial charge in [-0.15, -0.1) is 0 Å². The number of thiol groups is 1. The van der Waals surface area contributed by atoms with Crippen molar-refractivity contribution in [3.05, 3.63) is 29.8 Å². The zero-order chi connectivity index (χ0) is 8.81. The molecule has 0 aliphatic heterocycles. The molecule has 12 heavy (non-hydrogen) atoms. The molecule has 0 amide bonds. The molecule has 0 saturated heterocycles. The van der Waals surface area contributed by atoms with Crippen LogP contribution in [0.15, 0.2) is 18.5 Å². The van der Waals surface area contributed by atoms with Gasteiger partial charge in [-0.2, -0.15) is 12.6 Å². The van der Waals surface area contributed by atoms with Crippen molar-refractivity contribution < 1.29 is 4.39 Å². The van der Waals surface area contributed by atoms with Crippen molar-refractivity contribution >= 4 is 12.6 Å². The average molecular weight is 181 g/mol. The molecule has 0 saturated carbocycles. The first-order chi connectivity index (χ1) is 5.84. The molecule has 0 aromatic carbocycles. The molecule has 0 N–H and O–H groups in total. The van der Waals surface area contributed by atoms with Crippen molar-refractivity contribution in [2.75, 3.05) is 5.75 Å². The Bertz CT molecular complexity index is 314. The fourth-order valence-electron chi connectivity index (χ4n) is 0.690. The second kappa shape index (κ2) is 4.78. The van der Waals surface area contributed by atoms with Crippen molar-refractivity contribution in [2.24, 2.45) is 0 Å². The van der Waals surface area contributed by atoms with E-state index in [0.717, 1.165) is 6.20 Å². The van der Waals surface area contributed by atoms with Crippen LogP contribution in [0.3, 0.4) is 0 Å². The Morgan fingerprint density at radius 3 is 3.08 bits per heavy atom. The highest BCUT2D eigenvalue weighted by Gasteiger charge is 1.94. The number of aromatic nitrogens is 1. The first-order valence-electron chi connectivity index (χ1n) is 3.54. The quantitative estimate of drug-likeness (QED) is 0.515. The molecule has 1 aromatic rings. The van der Waals surface area contributed by atoms with E-state index in [-0.39, 0.29) is 5.82 Å². The molecule has 0 bridgehead atoms. The largest absolute Gasteiger partial charge is 0.262 e. The number of pyridine rings is 1. The van der Waals surface area contributed by atoms with Crippen molar-refractivity contribution in [1.82, 2.24) is 4.98 Å². The van der Waals surface area contributed by atoms with Gasteiger partial charge in [0.25, 0.3) is 0 Å².